The number of carbonyl (C=O) groups excluding carboxylic acids is 2. The molecule has 1 fully saturated rings. The van der Waals surface area contributed by atoms with Crippen LogP contribution in [0, 0.1) is 0 Å². The van der Waals surface area contributed by atoms with Crippen LogP contribution in [0.15, 0.2) is 54.6 Å². The third kappa shape index (κ3) is 3.77. The van der Waals surface area contributed by atoms with Crippen molar-refractivity contribution >= 4 is 23.5 Å². The minimum Gasteiger partial charge on any atom is -0.455 e. The molecule has 2 aromatic carbocycles. The maximum Gasteiger partial charge on any atom is 0.317 e. The molecule has 1 aliphatic carbocycles. The Labute approximate surface area is 145 Å². The highest BCUT2D eigenvalue weighted by Crippen LogP contribution is 2.49. The van der Waals surface area contributed by atoms with Crippen LogP contribution in [0.2, 0.25) is 5.02 Å². The summed E-state index contributed by atoms with van der Waals surface area (Å²) in [6.07, 6.45) is 1.53. The largest absolute Gasteiger partial charge is 0.455 e. The van der Waals surface area contributed by atoms with E-state index in [9.17, 15) is 9.59 Å². The van der Waals surface area contributed by atoms with Gasteiger partial charge < -0.3 is 10.1 Å². The number of amides is 1. The second kappa shape index (κ2) is 7.05. The maximum atomic E-state index is 12.3. The average Bonchev–Trinajstić information content (AvgIpc) is 3.42. The van der Waals surface area contributed by atoms with Crippen LogP contribution in [0.5, 0.6) is 0 Å². The first-order valence-electron chi connectivity index (χ1n) is 7.84. The van der Waals surface area contributed by atoms with Crippen LogP contribution < -0.4 is 5.32 Å². The Morgan fingerprint density at radius 3 is 2.33 bits per heavy atom. The van der Waals surface area contributed by atoms with Gasteiger partial charge in [0.25, 0.3) is 5.91 Å². The molecule has 0 heterocycles. The lowest BCUT2D eigenvalue weighted by Gasteiger charge is -2.14. The number of carbonyl (C=O) groups is 2. The van der Waals surface area contributed by atoms with Crippen molar-refractivity contribution < 1.29 is 14.3 Å². The van der Waals surface area contributed by atoms with Gasteiger partial charge in [-0.2, -0.15) is 0 Å². The highest BCUT2D eigenvalue weighted by molar-refractivity contribution is 6.30. The lowest BCUT2D eigenvalue weighted by molar-refractivity contribution is -0.151. The summed E-state index contributed by atoms with van der Waals surface area (Å²) < 4.78 is 5.22. The first kappa shape index (κ1) is 16.5. The van der Waals surface area contributed by atoms with Crippen LogP contribution in [-0.2, 0) is 26.3 Å². The summed E-state index contributed by atoms with van der Waals surface area (Å²) in [6.45, 7) is 0.110. The predicted octanol–water partition coefficient (Wildman–Crippen LogP) is 3.23. The smallest absolute Gasteiger partial charge is 0.317 e. The fraction of sp³-hybridized carbons (Fsp3) is 0.263. The Balaban J connectivity index is 1.48. The van der Waals surface area contributed by atoms with E-state index < -0.39 is 5.41 Å². The summed E-state index contributed by atoms with van der Waals surface area (Å²) in [6, 6.07) is 16.8. The van der Waals surface area contributed by atoms with Crippen molar-refractivity contribution in [2.75, 3.05) is 6.61 Å². The fourth-order valence-electron chi connectivity index (χ4n) is 2.62. The lowest BCUT2D eigenvalue weighted by atomic mass is 9.96. The van der Waals surface area contributed by atoms with Crippen molar-refractivity contribution in [2.24, 2.45) is 0 Å². The van der Waals surface area contributed by atoms with Crippen molar-refractivity contribution in [3.8, 4) is 0 Å². The zero-order valence-corrected chi connectivity index (χ0v) is 13.9. The van der Waals surface area contributed by atoms with E-state index in [0.29, 0.717) is 11.6 Å². The zero-order chi connectivity index (χ0) is 17.0. The van der Waals surface area contributed by atoms with Crippen molar-refractivity contribution in [3.05, 3.63) is 70.7 Å². The van der Waals surface area contributed by atoms with Gasteiger partial charge in [0.15, 0.2) is 6.61 Å². The van der Waals surface area contributed by atoms with E-state index in [1.807, 2.05) is 42.5 Å². The summed E-state index contributed by atoms with van der Waals surface area (Å²) >= 11 is 5.81. The molecule has 0 radical (unpaired) electrons. The molecule has 0 atom stereocenters. The molecule has 0 bridgehead atoms. The Morgan fingerprint density at radius 1 is 1.04 bits per heavy atom. The van der Waals surface area contributed by atoms with E-state index in [1.54, 1.807) is 12.1 Å². The second-order valence-electron chi connectivity index (χ2n) is 5.93. The number of hydrogen-bond acceptors (Lipinski definition) is 3. The SMILES string of the molecule is O=C(COC(=O)C1(c2ccccc2)CC1)NCc1ccc(Cl)cc1. The molecule has 1 amide bonds. The minimum absolute atomic E-state index is 0.263. The molecule has 0 unspecified atom stereocenters. The topological polar surface area (TPSA) is 55.4 Å². The fourth-order valence-corrected chi connectivity index (χ4v) is 2.74. The van der Waals surface area contributed by atoms with Crippen molar-refractivity contribution in [1.82, 2.24) is 5.32 Å². The molecule has 3 rings (SSSR count). The van der Waals surface area contributed by atoms with Gasteiger partial charge in [-0.1, -0.05) is 54.1 Å². The summed E-state index contributed by atoms with van der Waals surface area (Å²) in [7, 11) is 0. The zero-order valence-electron chi connectivity index (χ0n) is 13.1. The van der Waals surface area contributed by atoms with Gasteiger partial charge in [0.05, 0.1) is 5.41 Å². The molecule has 124 valence electrons. The molecule has 1 aliphatic rings. The third-order valence-electron chi connectivity index (χ3n) is 4.20. The molecule has 4 nitrogen and oxygen atoms in total. The van der Waals surface area contributed by atoms with Gasteiger partial charge in [-0.15, -0.1) is 0 Å². The van der Waals surface area contributed by atoms with Crippen molar-refractivity contribution in [2.45, 2.75) is 24.8 Å². The van der Waals surface area contributed by atoms with Gasteiger partial charge in [0.2, 0.25) is 0 Å². The van der Waals surface area contributed by atoms with E-state index in [-0.39, 0.29) is 18.5 Å². The summed E-state index contributed by atoms with van der Waals surface area (Å²) in [5.41, 5.74) is 1.33. The molecule has 2 aromatic rings. The molecule has 24 heavy (non-hydrogen) atoms. The Bertz CT molecular complexity index is 724. The van der Waals surface area contributed by atoms with E-state index in [1.165, 1.54) is 0 Å². The Morgan fingerprint density at radius 2 is 1.71 bits per heavy atom. The predicted molar refractivity (Wildman–Crippen MR) is 91.6 cm³/mol. The van der Waals surface area contributed by atoms with Crippen LogP contribution in [0.25, 0.3) is 0 Å². The Hall–Kier alpha value is -2.33. The quantitative estimate of drug-likeness (QED) is 0.819. The highest BCUT2D eigenvalue weighted by atomic mass is 35.5. The van der Waals surface area contributed by atoms with E-state index >= 15 is 0 Å². The third-order valence-corrected chi connectivity index (χ3v) is 4.46. The van der Waals surface area contributed by atoms with Crippen molar-refractivity contribution in [3.63, 3.8) is 0 Å². The van der Waals surface area contributed by atoms with E-state index in [2.05, 4.69) is 5.32 Å². The second-order valence-corrected chi connectivity index (χ2v) is 6.36. The average molecular weight is 344 g/mol. The number of ether oxygens (including phenoxy) is 1. The number of hydrogen-bond donors (Lipinski definition) is 1. The van der Waals surface area contributed by atoms with Crippen LogP contribution in [0.3, 0.4) is 0 Å². The van der Waals surface area contributed by atoms with E-state index in [4.69, 9.17) is 16.3 Å². The van der Waals surface area contributed by atoms with Gasteiger partial charge in [0.1, 0.15) is 0 Å². The number of esters is 1. The molecule has 1 saturated carbocycles. The summed E-state index contributed by atoms with van der Waals surface area (Å²) in [4.78, 5) is 24.2. The van der Waals surface area contributed by atoms with Gasteiger partial charge in [-0.3, -0.25) is 9.59 Å². The normalized spacial score (nSPS) is 14.7. The maximum absolute atomic E-state index is 12.3. The molecule has 0 saturated heterocycles. The van der Waals surface area contributed by atoms with Crippen molar-refractivity contribution in [1.29, 1.82) is 0 Å². The number of benzene rings is 2. The number of nitrogens with one attached hydrogen (secondary N) is 1. The molecular formula is C19H18ClNO3. The minimum atomic E-state index is -0.558. The van der Waals surface area contributed by atoms with Gasteiger partial charge in [-0.05, 0) is 36.1 Å². The van der Waals surface area contributed by atoms with Crippen LogP contribution >= 0.6 is 11.6 Å². The molecule has 0 aliphatic heterocycles. The van der Waals surface area contributed by atoms with Gasteiger partial charge in [0, 0.05) is 11.6 Å². The number of halogens is 1. The number of rotatable bonds is 6. The standard InChI is InChI=1S/C19H18ClNO3/c20-16-8-6-14(7-9-16)12-21-17(22)13-24-18(23)19(10-11-19)15-4-2-1-3-5-15/h1-9H,10-13H2,(H,21,22). The van der Waals surface area contributed by atoms with E-state index in [0.717, 1.165) is 24.0 Å². The highest BCUT2D eigenvalue weighted by Gasteiger charge is 2.52. The molecule has 1 N–H and O–H groups in total. The molecule has 0 spiro atoms. The Kier molecular flexibility index (Phi) is 4.86. The molecule has 5 heteroatoms. The molecule has 0 aromatic heterocycles. The van der Waals surface area contributed by atoms with Crippen LogP contribution in [-0.4, -0.2) is 18.5 Å². The van der Waals surface area contributed by atoms with Gasteiger partial charge in [-0.25, -0.2) is 0 Å². The van der Waals surface area contributed by atoms with Gasteiger partial charge >= 0.3 is 5.97 Å². The monoisotopic (exact) mass is 343 g/mol. The van der Waals surface area contributed by atoms with Crippen LogP contribution in [0.1, 0.15) is 24.0 Å². The summed E-state index contributed by atoms with van der Waals surface area (Å²) in [5.74, 6) is -0.641. The lowest BCUT2D eigenvalue weighted by Crippen LogP contribution is -2.31. The molecular weight excluding hydrogens is 326 g/mol. The first-order valence-corrected chi connectivity index (χ1v) is 8.22. The van der Waals surface area contributed by atoms with Crippen LogP contribution in [0.4, 0.5) is 0 Å². The summed E-state index contributed by atoms with van der Waals surface area (Å²) in [5, 5.41) is 3.37. The first-order chi connectivity index (χ1) is 11.6.